The lowest BCUT2D eigenvalue weighted by atomic mass is 10.0. The summed E-state index contributed by atoms with van der Waals surface area (Å²) in [6.45, 7) is 5.58. The molecule has 0 amide bonds. The van der Waals surface area contributed by atoms with E-state index in [0.717, 1.165) is 11.1 Å². The number of allylic oxidation sites excluding steroid dienone is 4. The van der Waals surface area contributed by atoms with Gasteiger partial charge in [-0.05, 0) is 31.9 Å². The van der Waals surface area contributed by atoms with Crippen molar-refractivity contribution in [3.63, 3.8) is 0 Å². The molecule has 0 radical (unpaired) electrons. The smallest absolute Gasteiger partial charge is 0.159 e. The number of rotatable bonds is 3. The third-order valence-electron chi connectivity index (χ3n) is 2.28. The summed E-state index contributed by atoms with van der Waals surface area (Å²) in [7, 11) is 0. The Labute approximate surface area is 91.1 Å². The SMILES string of the molecule is C/C=C\C(=C/C)c1ccc(C(C)=O)cc1. The van der Waals surface area contributed by atoms with Crippen LogP contribution in [0.1, 0.15) is 36.7 Å². The van der Waals surface area contributed by atoms with Crippen LogP contribution in [0.15, 0.2) is 42.5 Å². The van der Waals surface area contributed by atoms with Crippen molar-refractivity contribution in [3.05, 3.63) is 53.6 Å². The third-order valence-corrected chi connectivity index (χ3v) is 2.28. The minimum Gasteiger partial charge on any atom is -0.295 e. The van der Waals surface area contributed by atoms with Crippen LogP contribution < -0.4 is 0 Å². The Morgan fingerprint density at radius 3 is 2.00 bits per heavy atom. The quantitative estimate of drug-likeness (QED) is 0.534. The average molecular weight is 200 g/mol. The van der Waals surface area contributed by atoms with Crippen LogP contribution in [0.3, 0.4) is 0 Å². The summed E-state index contributed by atoms with van der Waals surface area (Å²) in [6.07, 6.45) is 6.12. The summed E-state index contributed by atoms with van der Waals surface area (Å²) in [6, 6.07) is 7.69. The molecule has 0 bridgehead atoms. The van der Waals surface area contributed by atoms with Crippen molar-refractivity contribution in [2.75, 3.05) is 0 Å². The predicted octanol–water partition coefficient (Wildman–Crippen LogP) is 3.87. The highest BCUT2D eigenvalue weighted by Gasteiger charge is 2.00. The van der Waals surface area contributed by atoms with Crippen LogP contribution in [0.4, 0.5) is 0 Å². The normalized spacial score (nSPS) is 12.1. The zero-order valence-electron chi connectivity index (χ0n) is 9.45. The predicted molar refractivity (Wildman–Crippen MR) is 64.9 cm³/mol. The zero-order valence-corrected chi connectivity index (χ0v) is 9.45. The number of carbonyl (C=O) groups is 1. The van der Waals surface area contributed by atoms with Crippen molar-refractivity contribution in [1.29, 1.82) is 0 Å². The van der Waals surface area contributed by atoms with Crippen molar-refractivity contribution in [2.45, 2.75) is 20.8 Å². The third kappa shape index (κ3) is 2.91. The topological polar surface area (TPSA) is 17.1 Å². The highest BCUT2D eigenvalue weighted by molar-refractivity contribution is 5.94. The van der Waals surface area contributed by atoms with Gasteiger partial charge in [0, 0.05) is 5.56 Å². The van der Waals surface area contributed by atoms with Crippen LogP contribution in [0.5, 0.6) is 0 Å². The number of Topliss-reactive ketones (excluding diaryl/α,β-unsaturated/α-hetero) is 1. The Morgan fingerprint density at radius 2 is 1.60 bits per heavy atom. The van der Waals surface area contributed by atoms with Gasteiger partial charge >= 0.3 is 0 Å². The molecule has 1 rings (SSSR count). The molecular formula is C14H16O. The van der Waals surface area contributed by atoms with Gasteiger partial charge in [-0.15, -0.1) is 0 Å². The maximum atomic E-state index is 11.1. The van der Waals surface area contributed by atoms with E-state index in [9.17, 15) is 4.79 Å². The number of carbonyl (C=O) groups excluding carboxylic acids is 1. The fourth-order valence-corrected chi connectivity index (χ4v) is 1.44. The van der Waals surface area contributed by atoms with E-state index in [-0.39, 0.29) is 5.78 Å². The molecule has 0 aromatic heterocycles. The molecular weight excluding hydrogens is 184 g/mol. The maximum Gasteiger partial charge on any atom is 0.159 e. The largest absolute Gasteiger partial charge is 0.295 e. The molecule has 1 nitrogen and oxygen atoms in total. The summed E-state index contributed by atoms with van der Waals surface area (Å²) in [5.74, 6) is 0.106. The molecule has 0 atom stereocenters. The number of benzene rings is 1. The zero-order chi connectivity index (χ0) is 11.3. The van der Waals surface area contributed by atoms with E-state index in [0.29, 0.717) is 0 Å². The first-order valence-corrected chi connectivity index (χ1v) is 5.09. The second-order valence-corrected chi connectivity index (χ2v) is 3.38. The monoisotopic (exact) mass is 200 g/mol. The second-order valence-electron chi connectivity index (χ2n) is 3.38. The summed E-state index contributed by atoms with van der Waals surface area (Å²) in [5.41, 5.74) is 3.07. The van der Waals surface area contributed by atoms with Crippen LogP contribution in [-0.2, 0) is 0 Å². The van der Waals surface area contributed by atoms with Crippen LogP contribution in [-0.4, -0.2) is 5.78 Å². The number of hydrogen-bond donors (Lipinski definition) is 0. The molecule has 15 heavy (non-hydrogen) atoms. The molecule has 0 aliphatic rings. The van der Waals surface area contributed by atoms with Gasteiger partial charge in [-0.2, -0.15) is 0 Å². The summed E-state index contributed by atoms with van der Waals surface area (Å²) in [5, 5.41) is 0. The molecule has 0 aliphatic heterocycles. The maximum absolute atomic E-state index is 11.1. The van der Waals surface area contributed by atoms with Crippen LogP contribution in [0.2, 0.25) is 0 Å². The van der Waals surface area contributed by atoms with E-state index in [1.807, 2.05) is 44.2 Å². The summed E-state index contributed by atoms with van der Waals surface area (Å²) >= 11 is 0. The Hall–Kier alpha value is -1.63. The number of ketones is 1. The molecule has 0 spiro atoms. The molecule has 0 N–H and O–H groups in total. The van der Waals surface area contributed by atoms with E-state index >= 15 is 0 Å². The van der Waals surface area contributed by atoms with Gasteiger partial charge in [0.25, 0.3) is 0 Å². The molecule has 0 aliphatic carbocycles. The molecule has 0 heterocycles. The lowest BCUT2D eigenvalue weighted by Gasteiger charge is -2.02. The molecule has 78 valence electrons. The lowest BCUT2D eigenvalue weighted by Crippen LogP contribution is -1.91. The van der Waals surface area contributed by atoms with Gasteiger partial charge in [0.15, 0.2) is 5.78 Å². The van der Waals surface area contributed by atoms with Crippen molar-refractivity contribution in [3.8, 4) is 0 Å². The molecule has 0 saturated carbocycles. The van der Waals surface area contributed by atoms with E-state index in [1.54, 1.807) is 6.92 Å². The van der Waals surface area contributed by atoms with E-state index in [1.165, 1.54) is 5.57 Å². The van der Waals surface area contributed by atoms with E-state index < -0.39 is 0 Å². The second kappa shape index (κ2) is 5.30. The minimum atomic E-state index is 0.106. The Balaban J connectivity index is 3.02. The first kappa shape index (κ1) is 11.4. The lowest BCUT2D eigenvalue weighted by molar-refractivity contribution is 0.101. The molecule has 0 unspecified atom stereocenters. The fraction of sp³-hybridized carbons (Fsp3) is 0.214. The summed E-state index contributed by atoms with van der Waals surface area (Å²) < 4.78 is 0. The minimum absolute atomic E-state index is 0.106. The Kier molecular flexibility index (Phi) is 4.04. The highest BCUT2D eigenvalue weighted by atomic mass is 16.1. The number of hydrogen-bond acceptors (Lipinski definition) is 1. The molecule has 0 saturated heterocycles. The van der Waals surface area contributed by atoms with Crippen molar-refractivity contribution in [2.24, 2.45) is 0 Å². The van der Waals surface area contributed by atoms with Crippen molar-refractivity contribution in [1.82, 2.24) is 0 Å². The van der Waals surface area contributed by atoms with E-state index in [2.05, 4.69) is 12.2 Å². The van der Waals surface area contributed by atoms with Gasteiger partial charge in [0.1, 0.15) is 0 Å². The first-order valence-electron chi connectivity index (χ1n) is 5.09. The van der Waals surface area contributed by atoms with Gasteiger partial charge in [0.05, 0.1) is 0 Å². The fourth-order valence-electron chi connectivity index (χ4n) is 1.44. The van der Waals surface area contributed by atoms with Gasteiger partial charge < -0.3 is 0 Å². The Bertz CT molecular complexity index is 394. The molecule has 0 fully saturated rings. The van der Waals surface area contributed by atoms with Gasteiger partial charge in [0.2, 0.25) is 0 Å². The van der Waals surface area contributed by atoms with Crippen molar-refractivity contribution >= 4 is 11.4 Å². The van der Waals surface area contributed by atoms with Gasteiger partial charge in [-0.3, -0.25) is 4.79 Å². The van der Waals surface area contributed by atoms with Gasteiger partial charge in [-0.1, -0.05) is 42.5 Å². The standard InChI is InChI=1S/C14H16O/c1-4-6-12(5-2)14-9-7-13(8-10-14)11(3)15/h4-10H,1-3H3/b6-4-,12-5+. The van der Waals surface area contributed by atoms with Crippen LogP contribution in [0, 0.1) is 0 Å². The molecule has 1 aromatic rings. The molecule has 1 heteroatoms. The van der Waals surface area contributed by atoms with Crippen LogP contribution >= 0.6 is 0 Å². The van der Waals surface area contributed by atoms with Crippen molar-refractivity contribution < 1.29 is 4.79 Å². The van der Waals surface area contributed by atoms with E-state index in [4.69, 9.17) is 0 Å². The highest BCUT2D eigenvalue weighted by Crippen LogP contribution is 2.16. The first-order chi connectivity index (χ1) is 7.19. The van der Waals surface area contributed by atoms with Gasteiger partial charge in [-0.25, -0.2) is 0 Å². The average Bonchev–Trinajstić information content (AvgIpc) is 2.26. The Morgan fingerprint density at radius 1 is 1.07 bits per heavy atom. The van der Waals surface area contributed by atoms with Crippen LogP contribution in [0.25, 0.3) is 5.57 Å². The molecule has 1 aromatic carbocycles. The summed E-state index contributed by atoms with van der Waals surface area (Å²) in [4.78, 5) is 11.1.